The van der Waals surface area contributed by atoms with Gasteiger partial charge in [-0.25, -0.2) is 9.78 Å². The van der Waals surface area contributed by atoms with Crippen molar-refractivity contribution in [1.29, 1.82) is 0 Å². The van der Waals surface area contributed by atoms with Gasteiger partial charge in [-0.1, -0.05) is 129 Å². The number of hydrogen-bond donors (Lipinski definition) is 6. The Hall–Kier alpha value is -6.99. The lowest BCUT2D eigenvalue weighted by Gasteiger charge is -2.42. The number of ether oxygens (including phenoxy) is 3. The number of thiol groups is 1. The van der Waals surface area contributed by atoms with Crippen molar-refractivity contribution in [1.82, 2.24) is 55.7 Å². The second-order valence-electron chi connectivity index (χ2n) is 28.2. The molecule has 0 bridgehead atoms. The van der Waals surface area contributed by atoms with Crippen molar-refractivity contribution in [3.63, 3.8) is 0 Å². The minimum Gasteiger partial charge on any atom is -0.445 e. The third kappa shape index (κ3) is 27.3. The zero-order chi connectivity index (χ0) is 76.7. The first-order valence-electron chi connectivity index (χ1n) is 36.9. The lowest BCUT2D eigenvalue weighted by atomic mass is 9.90. The molecule has 30 heteroatoms. The Balaban J connectivity index is 0.913. The summed E-state index contributed by atoms with van der Waals surface area (Å²) in [7, 11) is 6.12. The van der Waals surface area contributed by atoms with E-state index in [1.54, 1.807) is 82.1 Å². The van der Waals surface area contributed by atoms with E-state index in [9.17, 15) is 52.7 Å². The van der Waals surface area contributed by atoms with Crippen LogP contribution in [0.5, 0.6) is 0 Å². The maximum Gasteiger partial charge on any atom is 0.410 e. The topological polar surface area (TPSA) is 308 Å². The van der Waals surface area contributed by atoms with Crippen molar-refractivity contribution in [3.05, 3.63) is 82.3 Å². The number of likely N-dealkylation sites (N-methyl/N-ethyl adjacent to an activating group) is 2. The Labute approximate surface area is 638 Å². The second kappa shape index (κ2) is 45.0. The molecule has 5 N–H and O–H groups in total. The molecule has 3 fully saturated rings. The number of thioether (sulfide) groups is 2. The number of thiazole rings is 1. The van der Waals surface area contributed by atoms with E-state index in [0.717, 1.165) is 23.4 Å². The molecule has 105 heavy (non-hydrogen) atoms. The highest BCUT2D eigenvalue weighted by Crippen LogP contribution is 2.32. The van der Waals surface area contributed by atoms with Gasteiger partial charge in [0.1, 0.15) is 23.7 Å². The van der Waals surface area contributed by atoms with E-state index in [1.165, 1.54) is 89.0 Å². The number of methoxy groups -OCH3 is 2. The summed E-state index contributed by atoms with van der Waals surface area (Å²) in [5, 5.41) is 17.2. The van der Waals surface area contributed by atoms with Gasteiger partial charge in [0.25, 0.3) is 0 Å². The van der Waals surface area contributed by atoms with Gasteiger partial charge in [0, 0.05) is 88.1 Å². The van der Waals surface area contributed by atoms with E-state index < -0.39 is 96.9 Å². The smallest absolute Gasteiger partial charge is 0.410 e. The van der Waals surface area contributed by atoms with Gasteiger partial charge in [-0.05, 0) is 78.9 Å². The predicted molar refractivity (Wildman–Crippen MR) is 412 cm³/mol. The number of amides is 11. The number of likely N-dealkylation sites (tertiary alicyclic amines) is 1. The molecule has 11 amide bonds. The van der Waals surface area contributed by atoms with Crippen LogP contribution in [0.2, 0.25) is 0 Å². The summed E-state index contributed by atoms with van der Waals surface area (Å²) in [6, 6.07) is 13.0. The van der Waals surface area contributed by atoms with Crippen LogP contribution in [0.4, 0.5) is 10.5 Å². The van der Waals surface area contributed by atoms with E-state index in [0.29, 0.717) is 66.7 Å². The molecule has 0 spiro atoms. The van der Waals surface area contributed by atoms with E-state index in [2.05, 4.69) is 44.2 Å². The summed E-state index contributed by atoms with van der Waals surface area (Å²) < 4.78 is 17.7. The molecule has 0 radical (unpaired) electrons. The standard InChI is InChI=1S/C75H114N12O14S4/c1-12-51(6)69(59(99-10)41-65(93)87-35-21-26-58(87)70(100-11)52(7)71(95)80-57(74-76-34-39-105-74)40-53-22-17-16-18-23-53)82(8)66(94)43-78-73(97)68(50(4)5)83(9)75(98)101-44-54-27-29-55(30-28-54)79-60(88)42-77-72(96)67(49(2)3)81-61(89)45-103-37-32-63(91)85-46-84(62(90)31-36-102)47-86(48-85)64(92)33-38-104-56-24-19-14-13-15-20-25-56/h16-18,22-23,27-30,34,39,49-52,56-59,67-70,102H,12-15,19-21,24-26,31-33,35-38,40-48H2,1-11H3,(H,77,96)(H,78,97)(H,79,88)(H,80,95)(H,81,89)/t51-,52+,57-,58-,59+,67?,68?,69-,70+/m0/s1. The molecule has 582 valence electrons. The molecule has 3 aliphatic rings. The van der Waals surface area contributed by atoms with Gasteiger partial charge in [-0.15, -0.1) is 11.3 Å². The van der Waals surface area contributed by atoms with Crippen molar-refractivity contribution in [2.24, 2.45) is 23.7 Å². The molecule has 1 saturated carbocycles. The molecule has 2 aromatic carbocycles. The van der Waals surface area contributed by atoms with Gasteiger partial charge in [0.15, 0.2) is 0 Å². The maximum atomic E-state index is 14.5. The fourth-order valence-corrected chi connectivity index (χ4v) is 16.6. The van der Waals surface area contributed by atoms with Crippen LogP contribution in [0.25, 0.3) is 0 Å². The first kappa shape index (κ1) is 86.9. The van der Waals surface area contributed by atoms with Gasteiger partial charge < -0.3 is 65.3 Å². The van der Waals surface area contributed by atoms with Gasteiger partial charge in [0.05, 0.1) is 81.5 Å². The quantitative estimate of drug-likeness (QED) is 0.0232. The first-order valence-corrected chi connectivity index (χ1v) is 40.6. The van der Waals surface area contributed by atoms with Gasteiger partial charge in [-0.3, -0.25) is 52.8 Å². The predicted octanol–water partition coefficient (Wildman–Crippen LogP) is 8.12. The maximum absolute atomic E-state index is 14.5. The van der Waals surface area contributed by atoms with E-state index in [-0.39, 0.29) is 105 Å². The third-order valence-corrected chi connectivity index (χ3v) is 23.2. The van der Waals surface area contributed by atoms with Crippen LogP contribution >= 0.6 is 47.5 Å². The van der Waals surface area contributed by atoms with E-state index in [4.69, 9.17) is 14.2 Å². The molecule has 26 nitrogen and oxygen atoms in total. The van der Waals surface area contributed by atoms with Crippen molar-refractivity contribution >= 4 is 118 Å². The van der Waals surface area contributed by atoms with E-state index in [1.807, 2.05) is 68.2 Å². The Bertz CT molecular complexity index is 3280. The highest BCUT2D eigenvalue weighted by atomic mass is 32.2. The summed E-state index contributed by atoms with van der Waals surface area (Å²) in [6.07, 6.45) is 11.1. The Kier molecular flexibility index (Phi) is 37.2. The molecule has 2 unspecified atom stereocenters. The summed E-state index contributed by atoms with van der Waals surface area (Å²) in [5.74, 6) is -3.85. The third-order valence-electron chi connectivity index (χ3n) is 19.8. The monoisotopic (exact) mass is 1530 g/mol. The van der Waals surface area contributed by atoms with Gasteiger partial charge in [-0.2, -0.15) is 36.2 Å². The number of benzene rings is 2. The molecule has 2 saturated heterocycles. The Morgan fingerprint density at radius 3 is 1.90 bits per heavy atom. The molecular weight excluding hydrogens is 1420 g/mol. The van der Waals surface area contributed by atoms with Crippen molar-refractivity contribution in [2.45, 2.75) is 199 Å². The fourth-order valence-electron chi connectivity index (χ4n) is 13.7. The molecule has 1 aliphatic carbocycles. The van der Waals surface area contributed by atoms with Gasteiger partial charge >= 0.3 is 6.09 Å². The highest BCUT2D eigenvalue weighted by Gasteiger charge is 2.43. The van der Waals surface area contributed by atoms with Crippen LogP contribution in [0.3, 0.4) is 0 Å². The van der Waals surface area contributed by atoms with Crippen LogP contribution in [0.15, 0.2) is 66.2 Å². The first-order chi connectivity index (χ1) is 50.3. The molecule has 3 heterocycles. The largest absolute Gasteiger partial charge is 0.445 e. The number of hydrogen-bond acceptors (Lipinski definition) is 19. The van der Waals surface area contributed by atoms with Crippen LogP contribution in [0.1, 0.15) is 161 Å². The molecule has 9 atom stereocenters. The molecule has 1 aromatic heterocycles. The molecule has 3 aromatic rings. The summed E-state index contributed by atoms with van der Waals surface area (Å²) in [4.78, 5) is 163. The zero-order valence-corrected chi connectivity index (χ0v) is 66.5. The number of aromatic nitrogens is 1. The number of rotatable bonds is 39. The van der Waals surface area contributed by atoms with Crippen LogP contribution in [0, 0.1) is 23.7 Å². The Morgan fingerprint density at radius 2 is 1.30 bits per heavy atom. The Morgan fingerprint density at radius 1 is 0.676 bits per heavy atom. The van der Waals surface area contributed by atoms with E-state index >= 15 is 0 Å². The number of carbonyl (C=O) groups excluding carboxylic acids is 11. The average Bonchev–Trinajstić information content (AvgIpc) is 1.77. The minimum absolute atomic E-state index is 0.0496. The normalized spacial score (nSPS) is 17.4. The lowest BCUT2D eigenvalue weighted by Crippen LogP contribution is -2.59. The molecular formula is C75H114N12O14S4. The summed E-state index contributed by atoms with van der Waals surface area (Å²) >= 11 is 8.74. The van der Waals surface area contributed by atoms with Crippen LogP contribution < -0.4 is 26.6 Å². The highest BCUT2D eigenvalue weighted by molar-refractivity contribution is 8.00. The summed E-state index contributed by atoms with van der Waals surface area (Å²) in [5.41, 5.74) is 2.00. The number of anilines is 1. The molecule has 2 aliphatic heterocycles. The summed E-state index contributed by atoms with van der Waals surface area (Å²) in [6.45, 7) is 12.5. The number of nitrogens with zero attached hydrogens (tertiary/aromatic N) is 7. The van der Waals surface area contributed by atoms with Crippen molar-refractivity contribution in [3.8, 4) is 0 Å². The average molecular weight is 1540 g/mol. The SMILES string of the molecule is CC[C@H](C)[C@@H]([C@@H](CC(=O)N1CCC[C@H]1[C@H](OC)[C@@H](C)C(=O)N[C@@H](Cc1ccccc1)c1nccs1)OC)N(C)C(=O)CNC(=O)C(C(C)C)N(C)C(=O)OCc1ccc(NC(=O)CNC(=O)C(NC(=O)CSCCC(=O)N2CN(C(=O)CCS)CN(C(=O)CCSC3CCCCCCC3)C2)C(C)C)cc1. The number of nitrogens with one attached hydrogen (secondary N) is 5. The molecule has 6 rings (SSSR count). The minimum atomic E-state index is -1.04. The van der Waals surface area contributed by atoms with Crippen molar-refractivity contribution < 1.29 is 67.0 Å². The lowest BCUT2D eigenvalue weighted by molar-refractivity contribution is -0.158. The zero-order valence-electron chi connectivity index (χ0n) is 63.2. The van der Waals surface area contributed by atoms with Gasteiger partial charge in [0.2, 0.25) is 59.1 Å². The fraction of sp³-hybridized carbons (Fsp3) is 0.653. The number of carbonyl (C=O) groups is 11. The van der Waals surface area contributed by atoms with Crippen LogP contribution in [-0.2, 0) is 75.2 Å². The van der Waals surface area contributed by atoms with Crippen LogP contribution in [-0.4, -0.2) is 232 Å². The van der Waals surface area contributed by atoms with Crippen molar-refractivity contribution in [2.75, 3.05) is 96.3 Å². The second-order valence-corrected chi connectivity index (χ2v) is 32.1.